The number of methoxy groups -OCH3 is 1. The van der Waals surface area contributed by atoms with E-state index in [9.17, 15) is 9.90 Å². The summed E-state index contributed by atoms with van der Waals surface area (Å²) in [7, 11) is 1.56. The number of nitrogens with zero attached hydrogens (tertiary/aromatic N) is 5. The van der Waals surface area contributed by atoms with Crippen LogP contribution in [0.15, 0.2) is 43.0 Å². The average Bonchev–Trinajstić information content (AvgIpc) is 2.86. The number of anilines is 2. The summed E-state index contributed by atoms with van der Waals surface area (Å²) in [5.41, 5.74) is 2.86. The minimum atomic E-state index is -0.0467. The van der Waals surface area contributed by atoms with Gasteiger partial charge >= 0.3 is 6.01 Å². The van der Waals surface area contributed by atoms with Crippen molar-refractivity contribution in [3.05, 3.63) is 59.3 Å². The Morgan fingerprint density at radius 3 is 2.68 bits per heavy atom. The lowest BCUT2D eigenvalue weighted by Crippen LogP contribution is -2.49. The Hall–Kier alpha value is -3.52. The molecule has 5 rings (SSSR count). The van der Waals surface area contributed by atoms with E-state index in [1.54, 1.807) is 24.1 Å². The number of aromatic nitrogens is 2. The van der Waals surface area contributed by atoms with E-state index in [4.69, 9.17) is 16.3 Å². The molecule has 34 heavy (non-hydrogen) atoms. The first kappa shape index (κ1) is 22.3. The van der Waals surface area contributed by atoms with Gasteiger partial charge in [0, 0.05) is 49.7 Å². The highest BCUT2D eigenvalue weighted by atomic mass is 35.5. The number of fused-ring (bicyclic) bond motifs is 2. The highest BCUT2D eigenvalue weighted by Gasteiger charge is 2.29. The van der Waals surface area contributed by atoms with Gasteiger partial charge < -0.3 is 24.5 Å². The standard InChI is InChI=1S/C25H26ClN5O3/c1-3-22(33)29-9-11-30(12-10-29)24-18-7-8-31(15-20(18)27-25(28-24)34-2)21-14-17(32)13-16-5-4-6-19(26)23(16)21/h3-6,13-14,32H,1,7-12,15H2,2H3. The number of ether oxygens (including phenoxy) is 1. The number of benzene rings is 2. The highest BCUT2D eigenvalue weighted by molar-refractivity contribution is 6.36. The molecule has 0 radical (unpaired) electrons. The minimum absolute atomic E-state index is 0.0467. The van der Waals surface area contributed by atoms with E-state index in [0.717, 1.165) is 46.5 Å². The van der Waals surface area contributed by atoms with Crippen LogP contribution in [-0.2, 0) is 17.8 Å². The Balaban J connectivity index is 1.48. The van der Waals surface area contributed by atoms with E-state index in [0.29, 0.717) is 43.8 Å². The van der Waals surface area contributed by atoms with Crippen molar-refractivity contribution in [2.75, 3.05) is 49.6 Å². The van der Waals surface area contributed by atoms with E-state index in [-0.39, 0.29) is 11.7 Å². The second-order valence-electron chi connectivity index (χ2n) is 8.45. The fourth-order valence-electron chi connectivity index (χ4n) is 4.81. The van der Waals surface area contributed by atoms with Gasteiger partial charge in [0.05, 0.1) is 30.1 Å². The summed E-state index contributed by atoms with van der Waals surface area (Å²) in [6.45, 7) is 7.46. The molecule has 0 saturated carbocycles. The summed E-state index contributed by atoms with van der Waals surface area (Å²) >= 11 is 6.56. The minimum Gasteiger partial charge on any atom is -0.508 e. The molecule has 0 bridgehead atoms. The Bertz CT molecular complexity index is 1270. The molecule has 176 valence electrons. The molecule has 0 spiro atoms. The van der Waals surface area contributed by atoms with Gasteiger partial charge in [0.1, 0.15) is 11.6 Å². The molecule has 2 aliphatic rings. The van der Waals surface area contributed by atoms with Gasteiger partial charge in [-0.05, 0) is 30.0 Å². The molecule has 0 aliphatic carbocycles. The summed E-state index contributed by atoms with van der Waals surface area (Å²) in [6.07, 6.45) is 2.10. The van der Waals surface area contributed by atoms with Gasteiger partial charge in [0.2, 0.25) is 5.91 Å². The second-order valence-corrected chi connectivity index (χ2v) is 8.86. The van der Waals surface area contributed by atoms with Crippen LogP contribution in [0.5, 0.6) is 11.8 Å². The maximum absolute atomic E-state index is 12.0. The second kappa shape index (κ2) is 9.02. The molecule has 1 fully saturated rings. The molecule has 3 aromatic rings. The molecule has 2 aromatic carbocycles. The van der Waals surface area contributed by atoms with Crippen LogP contribution in [0.4, 0.5) is 11.5 Å². The third kappa shape index (κ3) is 3.98. The van der Waals surface area contributed by atoms with Crippen LogP contribution in [0.1, 0.15) is 11.3 Å². The number of carbonyl (C=O) groups excluding carboxylic acids is 1. The van der Waals surface area contributed by atoms with Crippen LogP contribution >= 0.6 is 11.6 Å². The van der Waals surface area contributed by atoms with Gasteiger partial charge in [-0.15, -0.1) is 0 Å². The largest absolute Gasteiger partial charge is 0.508 e. The summed E-state index contributed by atoms with van der Waals surface area (Å²) in [6, 6.07) is 9.49. The lowest BCUT2D eigenvalue weighted by atomic mass is 10.0. The van der Waals surface area contributed by atoms with Gasteiger partial charge in [-0.25, -0.2) is 0 Å². The number of hydrogen-bond donors (Lipinski definition) is 1. The molecular weight excluding hydrogens is 454 g/mol. The molecular formula is C25H26ClN5O3. The van der Waals surface area contributed by atoms with Crippen LogP contribution < -0.4 is 14.5 Å². The number of hydrogen-bond acceptors (Lipinski definition) is 7. The Labute approximate surface area is 203 Å². The first-order valence-corrected chi connectivity index (χ1v) is 11.6. The topological polar surface area (TPSA) is 82.0 Å². The van der Waals surface area contributed by atoms with Crippen molar-refractivity contribution in [3.63, 3.8) is 0 Å². The van der Waals surface area contributed by atoms with Gasteiger partial charge in [-0.1, -0.05) is 30.3 Å². The zero-order valence-electron chi connectivity index (χ0n) is 19.0. The Morgan fingerprint density at radius 1 is 1.15 bits per heavy atom. The van der Waals surface area contributed by atoms with Gasteiger partial charge in [0.25, 0.3) is 0 Å². The number of rotatable bonds is 4. The van der Waals surface area contributed by atoms with Crippen LogP contribution in [0.25, 0.3) is 10.8 Å². The lowest BCUT2D eigenvalue weighted by Gasteiger charge is -2.38. The van der Waals surface area contributed by atoms with E-state index >= 15 is 0 Å². The van der Waals surface area contributed by atoms with Crippen LogP contribution in [0.2, 0.25) is 5.02 Å². The molecule has 0 atom stereocenters. The quantitative estimate of drug-likeness (QED) is 0.574. The van der Waals surface area contributed by atoms with Crippen molar-refractivity contribution < 1.29 is 14.6 Å². The Morgan fingerprint density at radius 2 is 1.94 bits per heavy atom. The molecule has 0 unspecified atom stereocenters. The SMILES string of the molecule is C=CC(=O)N1CCN(c2nc(OC)nc3c2CCN(c2cc(O)cc4cccc(Cl)c24)C3)CC1. The summed E-state index contributed by atoms with van der Waals surface area (Å²) < 4.78 is 5.43. The average molecular weight is 480 g/mol. The molecule has 1 saturated heterocycles. The summed E-state index contributed by atoms with van der Waals surface area (Å²) in [4.78, 5) is 27.5. The normalized spacial score (nSPS) is 15.9. The maximum atomic E-state index is 12.0. The molecule has 9 heteroatoms. The fraction of sp³-hybridized carbons (Fsp3) is 0.320. The van der Waals surface area contributed by atoms with Crippen LogP contribution in [0, 0.1) is 0 Å². The number of halogens is 1. The predicted octanol–water partition coefficient (Wildman–Crippen LogP) is 3.39. The first-order chi connectivity index (χ1) is 16.5. The molecule has 2 aliphatic heterocycles. The van der Waals surface area contributed by atoms with Crippen molar-refractivity contribution in [2.24, 2.45) is 0 Å². The van der Waals surface area contributed by atoms with Crippen molar-refractivity contribution in [3.8, 4) is 11.8 Å². The van der Waals surface area contributed by atoms with Crippen molar-refractivity contribution in [1.82, 2.24) is 14.9 Å². The smallest absolute Gasteiger partial charge is 0.318 e. The summed E-state index contributed by atoms with van der Waals surface area (Å²) in [5.74, 6) is 1.02. The third-order valence-corrected chi connectivity index (χ3v) is 6.82. The van der Waals surface area contributed by atoms with E-state index in [1.165, 1.54) is 6.08 Å². The van der Waals surface area contributed by atoms with Crippen LogP contribution in [0.3, 0.4) is 0 Å². The number of amides is 1. The predicted molar refractivity (Wildman–Crippen MR) is 133 cm³/mol. The number of aromatic hydroxyl groups is 1. The highest BCUT2D eigenvalue weighted by Crippen LogP contribution is 2.39. The third-order valence-electron chi connectivity index (χ3n) is 6.50. The number of piperazine rings is 1. The van der Waals surface area contributed by atoms with Crippen molar-refractivity contribution in [1.29, 1.82) is 0 Å². The maximum Gasteiger partial charge on any atom is 0.318 e. The molecule has 1 amide bonds. The zero-order chi connectivity index (χ0) is 23.8. The molecule has 1 aromatic heterocycles. The Kier molecular flexibility index (Phi) is 5.91. The van der Waals surface area contributed by atoms with E-state index < -0.39 is 0 Å². The zero-order valence-corrected chi connectivity index (χ0v) is 19.8. The van der Waals surface area contributed by atoms with Crippen LogP contribution in [-0.4, -0.2) is 65.7 Å². The number of phenols is 1. The van der Waals surface area contributed by atoms with E-state index in [1.807, 2.05) is 18.2 Å². The lowest BCUT2D eigenvalue weighted by molar-refractivity contribution is -0.126. The van der Waals surface area contributed by atoms with Crippen molar-refractivity contribution >= 4 is 39.8 Å². The van der Waals surface area contributed by atoms with Gasteiger partial charge in [-0.2, -0.15) is 9.97 Å². The molecule has 8 nitrogen and oxygen atoms in total. The first-order valence-electron chi connectivity index (χ1n) is 11.2. The molecule has 3 heterocycles. The number of carbonyl (C=O) groups is 1. The van der Waals surface area contributed by atoms with Gasteiger partial charge in [0.15, 0.2) is 0 Å². The number of phenolic OH excluding ortho intramolecular Hbond substituents is 1. The van der Waals surface area contributed by atoms with Crippen molar-refractivity contribution in [2.45, 2.75) is 13.0 Å². The fourth-order valence-corrected chi connectivity index (χ4v) is 5.09. The summed E-state index contributed by atoms with van der Waals surface area (Å²) in [5, 5.41) is 12.8. The van der Waals surface area contributed by atoms with Gasteiger partial charge in [-0.3, -0.25) is 4.79 Å². The monoisotopic (exact) mass is 479 g/mol. The van der Waals surface area contributed by atoms with E-state index in [2.05, 4.69) is 26.3 Å². The molecule has 1 N–H and O–H groups in total.